The molecular formula is C20H16F3N3OS. The number of carbonyl (C=O) groups is 1. The van der Waals surface area contributed by atoms with Crippen LogP contribution >= 0.6 is 11.5 Å². The molecule has 1 fully saturated rings. The Hall–Kier alpha value is -2.74. The van der Waals surface area contributed by atoms with Crippen LogP contribution in [0.2, 0.25) is 0 Å². The Kier molecular flexibility index (Phi) is 4.66. The number of aryl methyl sites for hydroxylation is 1. The summed E-state index contributed by atoms with van der Waals surface area (Å²) in [6, 6.07) is 9.99. The van der Waals surface area contributed by atoms with Gasteiger partial charge in [0.25, 0.3) is 5.91 Å². The van der Waals surface area contributed by atoms with Crippen LogP contribution in [0.5, 0.6) is 0 Å². The van der Waals surface area contributed by atoms with E-state index in [9.17, 15) is 18.0 Å². The summed E-state index contributed by atoms with van der Waals surface area (Å²) >= 11 is 1.09. The van der Waals surface area contributed by atoms with Gasteiger partial charge in [-0.3, -0.25) is 9.78 Å². The van der Waals surface area contributed by atoms with Gasteiger partial charge >= 0.3 is 6.18 Å². The van der Waals surface area contributed by atoms with E-state index >= 15 is 0 Å². The quantitative estimate of drug-likeness (QED) is 0.611. The average molecular weight is 403 g/mol. The number of benzene rings is 1. The van der Waals surface area contributed by atoms with Crippen molar-refractivity contribution in [2.24, 2.45) is 0 Å². The van der Waals surface area contributed by atoms with Crippen LogP contribution in [-0.4, -0.2) is 15.3 Å². The molecule has 0 saturated heterocycles. The molecule has 2 aromatic heterocycles. The first-order valence-corrected chi connectivity index (χ1v) is 9.52. The lowest BCUT2D eigenvalue weighted by atomic mass is 9.99. The maximum Gasteiger partial charge on any atom is 0.433 e. The van der Waals surface area contributed by atoms with E-state index in [0.29, 0.717) is 4.88 Å². The summed E-state index contributed by atoms with van der Waals surface area (Å²) < 4.78 is 43.1. The number of halogens is 3. The van der Waals surface area contributed by atoms with Gasteiger partial charge in [0.1, 0.15) is 10.6 Å². The second kappa shape index (κ2) is 7.01. The van der Waals surface area contributed by atoms with E-state index in [1.54, 1.807) is 0 Å². The van der Waals surface area contributed by atoms with Crippen LogP contribution in [0.4, 0.5) is 18.9 Å². The second-order valence-electron chi connectivity index (χ2n) is 6.74. The highest BCUT2D eigenvalue weighted by atomic mass is 32.1. The van der Waals surface area contributed by atoms with Gasteiger partial charge in [-0.25, -0.2) is 0 Å². The molecule has 144 valence electrons. The summed E-state index contributed by atoms with van der Waals surface area (Å²) in [6.07, 6.45) is -1.58. The lowest BCUT2D eigenvalue weighted by Crippen LogP contribution is -2.14. The Morgan fingerprint density at radius 3 is 2.64 bits per heavy atom. The van der Waals surface area contributed by atoms with Crippen LogP contribution in [0.15, 0.2) is 42.6 Å². The van der Waals surface area contributed by atoms with Crippen LogP contribution in [0.25, 0.3) is 11.3 Å². The Morgan fingerprint density at radius 2 is 1.96 bits per heavy atom. The number of nitrogens with one attached hydrogen (secondary N) is 1. The zero-order valence-electron chi connectivity index (χ0n) is 14.9. The van der Waals surface area contributed by atoms with Crippen molar-refractivity contribution in [1.29, 1.82) is 0 Å². The number of pyridine rings is 1. The van der Waals surface area contributed by atoms with Gasteiger partial charge in [0, 0.05) is 23.0 Å². The van der Waals surface area contributed by atoms with Crippen molar-refractivity contribution in [3.05, 3.63) is 64.3 Å². The Bertz CT molecular complexity index is 1040. The van der Waals surface area contributed by atoms with Gasteiger partial charge in [0.05, 0.1) is 5.69 Å². The summed E-state index contributed by atoms with van der Waals surface area (Å²) in [5.74, 6) is -0.184. The second-order valence-corrected chi connectivity index (χ2v) is 7.52. The molecule has 0 aliphatic heterocycles. The fourth-order valence-electron chi connectivity index (χ4n) is 3.10. The molecule has 1 N–H and O–H groups in total. The third kappa shape index (κ3) is 3.64. The standard InChI is InChI=1S/C20H16F3N3OS/c1-11-4-2-3-5-14(11)17-16(12-6-7-12)18(28-26-17)19(27)25-13-8-9-24-15(10-13)20(21,22)23/h2-5,8-10,12H,6-7H2,1H3,(H,24,25,27). The summed E-state index contributed by atoms with van der Waals surface area (Å²) in [5.41, 5.74) is 2.73. The smallest absolute Gasteiger partial charge is 0.321 e. The van der Waals surface area contributed by atoms with Crippen molar-refractivity contribution in [2.75, 3.05) is 5.32 Å². The zero-order chi connectivity index (χ0) is 19.9. The van der Waals surface area contributed by atoms with E-state index in [1.165, 1.54) is 6.07 Å². The predicted molar refractivity (Wildman–Crippen MR) is 101 cm³/mol. The van der Waals surface area contributed by atoms with Crippen LogP contribution < -0.4 is 5.32 Å². The van der Waals surface area contributed by atoms with E-state index in [2.05, 4.69) is 14.7 Å². The lowest BCUT2D eigenvalue weighted by Gasteiger charge is -2.10. The van der Waals surface area contributed by atoms with Gasteiger partial charge in [0.2, 0.25) is 0 Å². The number of rotatable bonds is 4. The number of carbonyl (C=O) groups excluding carboxylic acids is 1. The molecule has 4 nitrogen and oxygen atoms in total. The van der Waals surface area contributed by atoms with Crippen LogP contribution in [0, 0.1) is 6.92 Å². The molecule has 0 spiro atoms. The number of hydrogen-bond donors (Lipinski definition) is 1. The van der Waals surface area contributed by atoms with Gasteiger partial charge in [0.15, 0.2) is 0 Å². The molecule has 3 aromatic rings. The molecule has 28 heavy (non-hydrogen) atoms. The zero-order valence-corrected chi connectivity index (χ0v) is 15.7. The summed E-state index contributed by atoms with van der Waals surface area (Å²) in [4.78, 5) is 16.6. The molecule has 1 aliphatic rings. The molecule has 8 heteroatoms. The first-order chi connectivity index (χ1) is 13.3. The average Bonchev–Trinajstić information content (AvgIpc) is 3.40. The highest BCUT2D eigenvalue weighted by molar-refractivity contribution is 7.08. The minimum Gasteiger partial charge on any atom is -0.321 e. The van der Waals surface area contributed by atoms with E-state index in [1.807, 2.05) is 31.2 Å². The largest absolute Gasteiger partial charge is 0.433 e. The normalized spacial score (nSPS) is 14.1. The molecule has 1 aromatic carbocycles. The van der Waals surface area contributed by atoms with E-state index in [4.69, 9.17) is 0 Å². The maximum absolute atomic E-state index is 12.9. The minimum absolute atomic E-state index is 0.0555. The summed E-state index contributed by atoms with van der Waals surface area (Å²) in [5, 5.41) is 2.56. The van der Waals surface area contributed by atoms with Gasteiger partial charge < -0.3 is 5.32 Å². The third-order valence-corrected chi connectivity index (χ3v) is 5.49. The SMILES string of the molecule is Cc1ccccc1-c1nsc(C(=O)Nc2ccnc(C(F)(F)F)c2)c1C1CC1. The Labute approximate surface area is 163 Å². The topological polar surface area (TPSA) is 54.9 Å². The van der Waals surface area contributed by atoms with E-state index in [-0.39, 0.29) is 11.6 Å². The predicted octanol–water partition coefficient (Wildman–Crippen LogP) is 5.66. The molecule has 1 aliphatic carbocycles. The molecule has 0 unspecified atom stereocenters. The monoisotopic (exact) mass is 403 g/mol. The molecule has 2 heterocycles. The molecular weight excluding hydrogens is 387 g/mol. The Morgan fingerprint density at radius 1 is 1.21 bits per heavy atom. The number of amides is 1. The number of anilines is 1. The van der Waals surface area contributed by atoms with Gasteiger partial charge in [-0.1, -0.05) is 24.3 Å². The maximum atomic E-state index is 12.9. The number of alkyl halides is 3. The first kappa shape index (κ1) is 18.6. The third-order valence-electron chi connectivity index (χ3n) is 4.63. The molecule has 0 radical (unpaired) electrons. The lowest BCUT2D eigenvalue weighted by molar-refractivity contribution is -0.141. The minimum atomic E-state index is -4.57. The van der Waals surface area contributed by atoms with Gasteiger partial charge in [-0.05, 0) is 54.9 Å². The molecule has 0 atom stereocenters. The molecule has 4 rings (SSSR count). The first-order valence-electron chi connectivity index (χ1n) is 8.75. The van der Waals surface area contributed by atoms with Crippen LogP contribution in [-0.2, 0) is 6.18 Å². The Balaban J connectivity index is 1.67. The number of nitrogens with zero attached hydrogens (tertiary/aromatic N) is 2. The van der Waals surface area contributed by atoms with Crippen molar-refractivity contribution < 1.29 is 18.0 Å². The summed E-state index contributed by atoms with van der Waals surface area (Å²) in [7, 11) is 0. The van der Waals surface area contributed by atoms with Crippen LogP contribution in [0.1, 0.15) is 45.3 Å². The van der Waals surface area contributed by atoms with Crippen molar-refractivity contribution in [1.82, 2.24) is 9.36 Å². The molecule has 1 saturated carbocycles. The van der Waals surface area contributed by atoms with Gasteiger partial charge in [-0.15, -0.1) is 0 Å². The molecule has 1 amide bonds. The fraction of sp³-hybridized carbons (Fsp3) is 0.250. The van der Waals surface area contributed by atoms with Crippen LogP contribution in [0.3, 0.4) is 0 Å². The van der Waals surface area contributed by atoms with Crippen molar-refractivity contribution in [2.45, 2.75) is 31.9 Å². The van der Waals surface area contributed by atoms with E-state index < -0.39 is 17.8 Å². The fourth-order valence-corrected chi connectivity index (χ4v) is 3.97. The van der Waals surface area contributed by atoms with Crippen molar-refractivity contribution in [3.8, 4) is 11.3 Å². The van der Waals surface area contributed by atoms with Crippen molar-refractivity contribution in [3.63, 3.8) is 0 Å². The highest BCUT2D eigenvalue weighted by Gasteiger charge is 2.35. The van der Waals surface area contributed by atoms with Crippen molar-refractivity contribution >= 4 is 23.1 Å². The highest BCUT2D eigenvalue weighted by Crippen LogP contribution is 2.47. The molecule has 0 bridgehead atoms. The van der Waals surface area contributed by atoms with E-state index in [0.717, 1.165) is 59.0 Å². The summed E-state index contributed by atoms with van der Waals surface area (Å²) in [6.45, 7) is 1.99. The van der Waals surface area contributed by atoms with Gasteiger partial charge in [-0.2, -0.15) is 17.5 Å². The number of hydrogen-bond acceptors (Lipinski definition) is 4. The number of aromatic nitrogens is 2.